The zero-order valence-corrected chi connectivity index (χ0v) is 21.6. The minimum atomic E-state index is -0.757. The summed E-state index contributed by atoms with van der Waals surface area (Å²) < 4.78 is 33.0. The molecule has 0 radical (unpaired) electrons. The predicted octanol–water partition coefficient (Wildman–Crippen LogP) is 3.76. The third kappa shape index (κ3) is 5.66. The first-order valence-electron chi connectivity index (χ1n) is 13.1. The van der Waals surface area contributed by atoms with Gasteiger partial charge in [0.25, 0.3) is 0 Å². The smallest absolute Gasteiger partial charge is 0.243 e. The number of hydrogen-bond acceptors (Lipinski definition) is 5. The molecule has 0 spiro atoms. The van der Waals surface area contributed by atoms with Crippen LogP contribution in [0.15, 0.2) is 72.8 Å². The summed E-state index contributed by atoms with van der Waals surface area (Å²) in [5.74, 6) is -0.231. The molecule has 3 aromatic rings. The van der Waals surface area contributed by atoms with Crippen LogP contribution in [0.4, 0.5) is 14.5 Å². The molecule has 0 saturated carbocycles. The number of halogens is 2. The maximum absolute atomic E-state index is 14.2. The van der Waals surface area contributed by atoms with E-state index >= 15 is 0 Å². The molecular weight excluding hydrogens is 486 g/mol. The number of methoxy groups -OCH3 is 1. The second kappa shape index (κ2) is 11.5. The fourth-order valence-corrected chi connectivity index (χ4v) is 5.61. The average Bonchev–Trinajstić information content (AvgIpc) is 3.36. The summed E-state index contributed by atoms with van der Waals surface area (Å²) in [5.41, 5.74) is 1.78. The van der Waals surface area contributed by atoms with Gasteiger partial charge in [0, 0.05) is 56.9 Å². The molecule has 2 saturated heterocycles. The van der Waals surface area contributed by atoms with Crippen molar-refractivity contribution in [3.63, 3.8) is 0 Å². The lowest BCUT2D eigenvalue weighted by Gasteiger charge is -2.41. The molecule has 5 rings (SSSR count). The first-order valence-corrected chi connectivity index (χ1v) is 13.1. The first-order chi connectivity index (χ1) is 18.5. The Kier molecular flexibility index (Phi) is 7.90. The van der Waals surface area contributed by atoms with Crippen LogP contribution in [-0.4, -0.2) is 62.2 Å². The summed E-state index contributed by atoms with van der Waals surface area (Å²) in [6, 6.07) is 21.6. The lowest BCUT2D eigenvalue weighted by Crippen LogP contribution is -2.60. The molecule has 2 aliphatic rings. The number of hydrogen-bond donors (Lipinski definition) is 2. The second-order valence-corrected chi connectivity index (χ2v) is 10.1. The van der Waals surface area contributed by atoms with E-state index in [1.165, 1.54) is 12.1 Å². The Hall–Kier alpha value is -3.49. The number of rotatable bonds is 8. The van der Waals surface area contributed by atoms with E-state index in [1.807, 2.05) is 59.5 Å². The van der Waals surface area contributed by atoms with Crippen molar-refractivity contribution in [3.8, 4) is 5.75 Å². The number of carbonyl (C=O) groups excluding carboxylic acids is 1. The van der Waals surface area contributed by atoms with Gasteiger partial charge in [-0.25, -0.2) is 8.78 Å². The fraction of sp³-hybridized carbons (Fsp3) is 0.367. The van der Waals surface area contributed by atoms with Crippen LogP contribution in [0, 0.1) is 11.6 Å². The molecule has 2 heterocycles. The van der Waals surface area contributed by atoms with Crippen molar-refractivity contribution in [2.45, 2.75) is 31.0 Å². The maximum Gasteiger partial charge on any atom is 0.243 e. The zero-order valence-electron chi connectivity index (χ0n) is 21.6. The van der Waals surface area contributed by atoms with Gasteiger partial charge in [-0.2, -0.15) is 0 Å². The van der Waals surface area contributed by atoms with Gasteiger partial charge in [0.05, 0.1) is 12.8 Å². The number of nitrogens with zero attached hydrogens (tertiary/aromatic N) is 2. The number of piperazine rings is 1. The highest BCUT2D eigenvalue weighted by molar-refractivity contribution is 5.87. The number of amides is 1. The lowest BCUT2D eigenvalue weighted by molar-refractivity contribution is -0.138. The number of para-hydroxylation sites is 2. The van der Waals surface area contributed by atoms with Crippen LogP contribution in [-0.2, 0) is 17.8 Å². The summed E-state index contributed by atoms with van der Waals surface area (Å²) >= 11 is 0. The van der Waals surface area contributed by atoms with Gasteiger partial charge in [0.2, 0.25) is 5.91 Å². The highest BCUT2D eigenvalue weighted by Crippen LogP contribution is 2.31. The molecule has 38 heavy (non-hydrogen) atoms. The minimum absolute atomic E-state index is 0.0259. The SMILES string of the molecule is COc1ccccc1N1CCN(C(=O)[C@]2(Cc3ccccc3)C[C@H](NCc3ccc(F)cc3F)CN2)CC1. The Morgan fingerprint density at radius 2 is 1.76 bits per heavy atom. The number of anilines is 1. The Morgan fingerprint density at radius 1 is 1.03 bits per heavy atom. The summed E-state index contributed by atoms with van der Waals surface area (Å²) in [6.07, 6.45) is 1.15. The van der Waals surface area contributed by atoms with E-state index in [0.29, 0.717) is 38.0 Å². The van der Waals surface area contributed by atoms with Gasteiger partial charge >= 0.3 is 0 Å². The monoisotopic (exact) mass is 520 g/mol. The van der Waals surface area contributed by atoms with Gasteiger partial charge in [-0.05, 0) is 36.6 Å². The molecule has 1 amide bonds. The highest BCUT2D eigenvalue weighted by atomic mass is 19.1. The van der Waals surface area contributed by atoms with Crippen LogP contribution in [0.25, 0.3) is 0 Å². The fourth-order valence-electron chi connectivity index (χ4n) is 5.61. The molecule has 2 fully saturated rings. The van der Waals surface area contributed by atoms with Crippen LogP contribution >= 0.6 is 0 Å². The molecule has 0 bridgehead atoms. The molecule has 200 valence electrons. The first kappa shape index (κ1) is 26.1. The van der Waals surface area contributed by atoms with Crippen LogP contribution in [0.5, 0.6) is 5.75 Å². The summed E-state index contributed by atoms with van der Waals surface area (Å²) in [4.78, 5) is 18.3. The average molecular weight is 521 g/mol. The van der Waals surface area contributed by atoms with Crippen LogP contribution in [0.1, 0.15) is 17.5 Å². The van der Waals surface area contributed by atoms with Crippen molar-refractivity contribution in [1.29, 1.82) is 0 Å². The third-order valence-corrected chi connectivity index (χ3v) is 7.63. The summed E-state index contributed by atoms with van der Waals surface area (Å²) in [7, 11) is 1.67. The predicted molar refractivity (Wildman–Crippen MR) is 144 cm³/mol. The maximum atomic E-state index is 14.2. The molecule has 0 unspecified atom stereocenters. The molecule has 8 heteroatoms. The van der Waals surface area contributed by atoms with E-state index < -0.39 is 17.2 Å². The van der Waals surface area contributed by atoms with Crippen LogP contribution in [0.3, 0.4) is 0 Å². The topological polar surface area (TPSA) is 56.8 Å². The Bertz CT molecular complexity index is 1250. The molecule has 2 atom stereocenters. The summed E-state index contributed by atoms with van der Waals surface area (Å²) in [6.45, 7) is 3.54. The van der Waals surface area contributed by atoms with E-state index in [0.717, 1.165) is 36.2 Å². The number of carbonyl (C=O) groups is 1. The van der Waals surface area contributed by atoms with Crippen molar-refractivity contribution >= 4 is 11.6 Å². The van der Waals surface area contributed by atoms with E-state index in [9.17, 15) is 13.6 Å². The van der Waals surface area contributed by atoms with Gasteiger partial charge in [-0.3, -0.25) is 4.79 Å². The number of nitrogens with one attached hydrogen (secondary N) is 2. The highest BCUT2D eigenvalue weighted by Gasteiger charge is 2.47. The van der Waals surface area contributed by atoms with Crippen molar-refractivity contribution in [2.75, 3.05) is 44.7 Å². The van der Waals surface area contributed by atoms with Gasteiger partial charge < -0.3 is 25.2 Å². The van der Waals surface area contributed by atoms with Crippen molar-refractivity contribution < 1.29 is 18.3 Å². The Balaban J connectivity index is 1.28. The molecule has 3 aromatic carbocycles. The Morgan fingerprint density at radius 3 is 2.50 bits per heavy atom. The van der Waals surface area contributed by atoms with E-state index in [2.05, 4.69) is 15.5 Å². The van der Waals surface area contributed by atoms with E-state index in [-0.39, 0.29) is 18.5 Å². The van der Waals surface area contributed by atoms with Gasteiger partial charge in [-0.1, -0.05) is 48.5 Å². The molecule has 2 aliphatic heterocycles. The molecule has 2 N–H and O–H groups in total. The summed E-state index contributed by atoms with van der Waals surface area (Å²) in [5, 5.41) is 6.93. The zero-order chi connectivity index (χ0) is 26.5. The van der Waals surface area contributed by atoms with Crippen molar-refractivity contribution in [3.05, 3.63) is 95.6 Å². The number of benzene rings is 3. The van der Waals surface area contributed by atoms with Gasteiger partial charge in [0.1, 0.15) is 22.9 Å². The number of ether oxygens (including phenoxy) is 1. The lowest BCUT2D eigenvalue weighted by atomic mass is 9.86. The van der Waals surface area contributed by atoms with Crippen LogP contribution in [0.2, 0.25) is 0 Å². The van der Waals surface area contributed by atoms with Gasteiger partial charge in [0.15, 0.2) is 0 Å². The molecule has 0 aliphatic carbocycles. The quantitative estimate of drug-likeness (QED) is 0.474. The molecule has 0 aromatic heterocycles. The molecular formula is C30H34F2N4O2. The minimum Gasteiger partial charge on any atom is -0.495 e. The third-order valence-electron chi connectivity index (χ3n) is 7.63. The standard InChI is InChI=1S/C30H34F2N4O2/c1-38-28-10-6-5-9-27(28)35-13-15-36(16-14-35)29(37)30(18-22-7-3-2-4-8-22)19-25(21-34-30)33-20-23-11-12-24(31)17-26(23)32/h2-12,17,25,33-34H,13-16,18-21H2,1H3/t25-,30-/m0/s1. The second-order valence-electron chi connectivity index (χ2n) is 10.1. The van der Waals surface area contributed by atoms with E-state index in [1.54, 1.807) is 7.11 Å². The normalized spacial score (nSPS) is 21.5. The van der Waals surface area contributed by atoms with Gasteiger partial charge in [-0.15, -0.1) is 0 Å². The largest absolute Gasteiger partial charge is 0.495 e. The van der Waals surface area contributed by atoms with Crippen molar-refractivity contribution in [2.24, 2.45) is 0 Å². The molecule has 6 nitrogen and oxygen atoms in total. The van der Waals surface area contributed by atoms with E-state index in [4.69, 9.17) is 4.74 Å². The Labute approximate surface area is 222 Å². The van der Waals surface area contributed by atoms with Crippen molar-refractivity contribution in [1.82, 2.24) is 15.5 Å². The van der Waals surface area contributed by atoms with Crippen LogP contribution < -0.4 is 20.3 Å².